The molecular formula is C15H24N2O3S. The average Bonchev–Trinajstić information content (AvgIpc) is 2.85. The summed E-state index contributed by atoms with van der Waals surface area (Å²) in [5.74, 6) is 0. The zero-order valence-electron chi connectivity index (χ0n) is 12.7. The van der Waals surface area contributed by atoms with Crippen LogP contribution in [-0.2, 0) is 10.0 Å². The van der Waals surface area contributed by atoms with Gasteiger partial charge in [0.05, 0.1) is 10.5 Å². The summed E-state index contributed by atoms with van der Waals surface area (Å²) >= 11 is 0. The fraction of sp³-hybridized carbons (Fsp3) is 0.600. The molecule has 0 bridgehead atoms. The van der Waals surface area contributed by atoms with Gasteiger partial charge in [0.2, 0.25) is 10.0 Å². The second-order valence-electron chi connectivity index (χ2n) is 5.78. The Kier molecular flexibility index (Phi) is 4.91. The molecule has 1 aromatic carbocycles. The number of hydrogen-bond acceptors (Lipinski definition) is 4. The van der Waals surface area contributed by atoms with E-state index in [0.29, 0.717) is 13.1 Å². The van der Waals surface area contributed by atoms with Crippen LogP contribution in [0, 0.1) is 0 Å². The Morgan fingerprint density at radius 3 is 2.33 bits per heavy atom. The van der Waals surface area contributed by atoms with E-state index in [-0.39, 0.29) is 4.90 Å². The van der Waals surface area contributed by atoms with Crippen molar-refractivity contribution in [3.05, 3.63) is 24.3 Å². The lowest BCUT2D eigenvalue weighted by Crippen LogP contribution is -2.39. The van der Waals surface area contributed by atoms with Crippen molar-refractivity contribution in [3.63, 3.8) is 0 Å². The highest BCUT2D eigenvalue weighted by molar-refractivity contribution is 7.89. The molecule has 2 N–H and O–H groups in total. The Balaban J connectivity index is 2.08. The number of likely N-dealkylation sites (N-methyl/N-ethyl adjacent to an activating group) is 1. The van der Waals surface area contributed by atoms with Crippen molar-refractivity contribution < 1.29 is 13.5 Å². The van der Waals surface area contributed by atoms with Crippen molar-refractivity contribution in [1.82, 2.24) is 4.72 Å². The molecule has 0 spiro atoms. The zero-order valence-corrected chi connectivity index (χ0v) is 13.5. The monoisotopic (exact) mass is 312 g/mol. The Labute approximate surface area is 127 Å². The molecule has 0 aromatic heterocycles. The van der Waals surface area contributed by atoms with Crippen LogP contribution >= 0.6 is 0 Å². The first-order valence-electron chi connectivity index (χ1n) is 7.39. The van der Waals surface area contributed by atoms with Crippen molar-refractivity contribution in [2.24, 2.45) is 0 Å². The van der Waals surface area contributed by atoms with Crippen molar-refractivity contribution in [1.29, 1.82) is 0 Å². The molecule has 1 aliphatic carbocycles. The molecule has 0 saturated heterocycles. The summed E-state index contributed by atoms with van der Waals surface area (Å²) in [4.78, 5) is 2.25. The predicted octanol–water partition coefficient (Wildman–Crippen LogP) is 1.73. The first kappa shape index (κ1) is 16.3. The SMILES string of the molecule is CCNS(=O)(=O)c1ccc(N(C)CC2(O)CCCC2)cc1. The van der Waals surface area contributed by atoms with Crippen LogP contribution in [0.4, 0.5) is 5.69 Å². The topological polar surface area (TPSA) is 69.6 Å². The van der Waals surface area contributed by atoms with Gasteiger partial charge in [0.15, 0.2) is 0 Å². The quantitative estimate of drug-likeness (QED) is 0.839. The number of benzene rings is 1. The van der Waals surface area contributed by atoms with E-state index in [2.05, 4.69) is 4.72 Å². The van der Waals surface area contributed by atoms with Crippen LogP contribution in [0.15, 0.2) is 29.2 Å². The lowest BCUT2D eigenvalue weighted by molar-refractivity contribution is 0.0559. The largest absolute Gasteiger partial charge is 0.388 e. The second kappa shape index (κ2) is 6.34. The maximum atomic E-state index is 11.9. The van der Waals surface area contributed by atoms with E-state index in [1.807, 2.05) is 11.9 Å². The molecule has 0 amide bonds. The highest BCUT2D eigenvalue weighted by Crippen LogP contribution is 2.31. The van der Waals surface area contributed by atoms with Crippen LogP contribution in [0.1, 0.15) is 32.6 Å². The zero-order chi connectivity index (χ0) is 15.5. The van der Waals surface area contributed by atoms with Gasteiger partial charge in [0.1, 0.15) is 0 Å². The molecule has 1 fully saturated rings. The van der Waals surface area contributed by atoms with Crippen molar-refractivity contribution >= 4 is 15.7 Å². The minimum Gasteiger partial charge on any atom is -0.388 e. The summed E-state index contributed by atoms with van der Waals surface area (Å²) < 4.78 is 26.2. The molecule has 0 atom stereocenters. The number of nitrogens with one attached hydrogen (secondary N) is 1. The fourth-order valence-corrected chi connectivity index (χ4v) is 3.92. The molecule has 118 valence electrons. The molecule has 0 unspecified atom stereocenters. The molecule has 1 aromatic rings. The standard InChI is InChI=1S/C15H24N2O3S/c1-3-16-21(19,20)14-8-6-13(7-9-14)17(2)12-15(18)10-4-5-11-15/h6-9,16,18H,3-5,10-12H2,1-2H3. The Morgan fingerprint density at radius 2 is 1.81 bits per heavy atom. The van der Waals surface area contributed by atoms with Gasteiger partial charge in [-0.05, 0) is 37.1 Å². The molecule has 0 aliphatic heterocycles. The summed E-state index contributed by atoms with van der Waals surface area (Å²) in [5, 5.41) is 10.4. The minimum atomic E-state index is -3.41. The minimum absolute atomic E-state index is 0.265. The Hall–Kier alpha value is -1.11. The predicted molar refractivity (Wildman–Crippen MR) is 84.0 cm³/mol. The third-order valence-electron chi connectivity index (χ3n) is 3.99. The van der Waals surface area contributed by atoms with Gasteiger partial charge < -0.3 is 10.0 Å². The van der Waals surface area contributed by atoms with E-state index in [1.54, 1.807) is 31.2 Å². The van der Waals surface area contributed by atoms with Gasteiger partial charge in [0, 0.05) is 25.8 Å². The molecular weight excluding hydrogens is 288 g/mol. The van der Waals surface area contributed by atoms with Gasteiger partial charge in [-0.1, -0.05) is 19.8 Å². The molecule has 1 saturated carbocycles. The van der Waals surface area contributed by atoms with E-state index in [1.165, 1.54) is 0 Å². The normalized spacial score (nSPS) is 17.9. The van der Waals surface area contributed by atoms with E-state index in [9.17, 15) is 13.5 Å². The number of nitrogens with zero attached hydrogens (tertiary/aromatic N) is 1. The van der Waals surface area contributed by atoms with E-state index >= 15 is 0 Å². The van der Waals surface area contributed by atoms with Gasteiger partial charge in [0.25, 0.3) is 0 Å². The highest BCUT2D eigenvalue weighted by Gasteiger charge is 2.32. The summed E-state index contributed by atoms with van der Waals surface area (Å²) in [6, 6.07) is 6.76. The smallest absolute Gasteiger partial charge is 0.240 e. The third-order valence-corrected chi connectivity index (χ3v) is 5.55. The van der Waals surface area contributed by atoms with Crippen LogP contribution in [0.3, 0.4) is 0 Å². The molecule has 6 heteroatoms. The van der Waals surface area contributed by atoms with E-state index in [0.717, 1.165) is 31.4 Å². The van der Waals surface area contributed by atoms with Gasteiger partial charge >= 0.3 is 0 Å². The average molecular weight is 312 g/mol. The van der Waals surface area contributed by atoms with Crippen LogP contribution in [0.2, 0.25) is 0 Å². The number of anilines is 1. The Morgan fingerprint density at radius 1 is 1.24 bits per heavy atom. The lowest BCUT2D eigenvalue weighted by Gasteiger charge is -2.30. The molecule has 0 heterocycles. The van der Waals surface area contributed by atoms with Crippen molar-refractivity contribution in [2.75, 3.05) is 25.0 Å². The van der Waals surface area contributed by atoms with E-state index < -0.39 is 15.6 Å². The summed E-state index contributed by atoms with van der Waals surface area (Å²) in [6.45, 7) is 2.70. The fourth-order valence-electron chi connectivity index (χ4n) is 2.88. The molecule has 1 aliphatic rings. The van der Waals surface area contributed by atoms with Crippen LogP contribution in [0.25, 0.3) is 0 Å². The molecule has 21 heavy (non-hydrogen) atoms. The van der Waals surface area contributed by atoms with Gasteiger partial charge in [-0.15, -0.1) is 0 Å². The van der Waals surface area contributed by atoms with Crippen molar-refractivity contribution in [2.45, 2.75) is 43.1 Å². The number of sulfonamides is 1. The molecule has 2 rings (SSSR count). The van der Waals surface area contributed by atoms with E-state index in [4.69, 9.17) is 0 Å². The van der Waals surface area contributed by atoms with Gasteiger partial charge in [-0.2, -0.15) is 0 Å². The highest BCUT2D eigenvalue weighted by atomic mass is 32.2. The summed E-state index contributed by atoms with van der Waals surface area (Å²) in [7, 11) is -1.48. The molecule has 0 radical (unpaired) electrons. The Bertz CT molecular complexity index is 563. The maximum Gasteiger partial charge on any atom is 0.240 e. The van der Waals surface area contributed by atoms with Crippen LogP contribution in [-0.4, -0.2) is 39.3 Å². The first-order chi connectivity index (χ1) is 9.86. The second-order valence-corrected chi connectivity index (χ2v) is 7.55. The molecule has 5 nitrogen and oxygen atoms in total. The lowest BCUT2D eigenvalue weighted by atomic mass is 10.0. The number of hydrogen-bond donors (Lipinski definition) is 2. The number of aliphatic hydroxyl groups is 1. The first-order valence-corrected chi connectivity index (χ1v) is 8.88. The van der Waals surface area contributed by atoms with Gasteiger partial charge in [-0.25, -0.2) is 13.1 Å². The third kappa shape index (κ3) is 3.96. The van der Waals surface area contributed by atoms with Crippen molar-refractivity contribution in [3.8, 4) is 0 Å². The van der Waals surface area contributed by atoms with Gasteiger partial charge in [-0.3, -0.25) is 0 Å². The summed E-state index contributed by atoms with van der Waals surface area (Å²) in [5.41, 5.74) is 0.300. The van der Waals surface area contributed by atoms with Crippen LogP contribution in [0.5, 0.6) is 0 Å². The summed E-state index contributed by atoms with van der Waals surface area (Å²) in [6.07, 6.45) is 3.82. The maximum absolute atomic E-state index is 11.9. The van der Waals surface area contributed by atoms with Crippen LogP contribution < -0.4 is 9.62 Å². The number of rotatable bonds is 6.